The molecule has 11 heteroatoms. The number of halogens is 4. The highest BCUT2D eigenvalue weighted by atomic mass is 35.5. The molecule has 1 aromatic carbocycles. The van der Waals surface area contributed by atoms with E-state index in [1.54, 1.807) is 0 Å². The molecule has 4 atom stereocenters. The molecule has 1 aromatic rings. The van der Waals surface area contributed by atoms with Crippen LogP contribution in [-0.2, 0) is 25.5 Å². The maximum atomic E-state index is 12.0. The van der Waals surface area contributed by atoms with Crippen LogP contribution in [0.4, 0.5) is 13.2 Å². The van der Waals surface area contributed by atoms with Gasteiger partial charge in [-0.2, -0.15) is 0 Å². The van der Waals surface area contributed by atoms with Gasteiger partial charge in [0.05, 0.1) is 18.8 Å². The zero-order valence-corrected chi connectivity index (χ0v) is 19.9. The van der Waals surface area contributed by atoms with Crippen molar-refractivity contribution in [3.8, 4) is 5.75 Å². The van der Waals surface area contributed by atoms with Crippen molar-refractivity contribution in [3.63, 3.8) is 0 Å². The van der Waals surface area contributed by atoms with Gasteiger partial charge in [-0.15, -0.1) is 13.2 Å². The number of carbonyl (C=O) groups excluding carboxylic acids is 2. The zero-order valence-electron chi connectivity index (χ0n) is 19.2. The summed E-state index contributed by atoms with van der Waals surface area (Å²) < 4.78 is 50.6. The molecule has 7 nitrogen and oxygen atoms in total. The van der Waals surface area contributed by atoms with Gasteiger partial charge in [-0.1, -0.05) is 11.6 Å². The molecule has 4 aliphatic rings. The summed E-state index contributed by atoms with van der Waals surface area (Å²) in [7, 11) is 0. The molecular weight excluding hydrogens is 489 g/mol. The fraction of sp³-hybridized carbons (Fsp3) is 0.667. The molecule has 3 unspecified atom stereocenters. The fourth-order valence-electron chi connectivity index (χ4n) is 5.45. The van der Waals surface area contributed by atoms with Gasteiger partial charge in [-0.25, -0.2) is 0 Å². The standard InChI is InChI=1S/C15H21F3N2O4.C9H9ClO/c16-15(17,18)24-11-4-10(5-11)23-6-14(22)20-13-3-8-1-9(13)2-12(8)19-7-21;10-8-3-4-9-7(6-8)2-1-5-11-9/h7-13H,1-6H2,(H,19,21)(H,20,22);3-4,6H,1-2,5H2/t8?,9-,10?,11?,12?,13?;/m0./s1. The minimum absolute atomic E-state index is 0.0958. The summed E-state index contributed by atoms with van der Waals surface area (Å²) in [4.78, 5) is 22.4. The number of aryl methyl sites for hydroxylation is 1. The first kappa shape index (κ1) is 26.0. The molecule has 3 fully saturated rings. The van der Waals surface area contributed by atoms with Crippen molar-refractivity contribution in [2.45, 2.75) is 75.6 Å². The number of benzene rings is 1. The van der Waals surface area contributed by atoms with Crippen molar-refractivity contribution >= 4 is 23.9 Å². The van der Waals surface area contributed by atoms with Gasteiger partial charge in [-0.3, -0.25) is 14.3 Å². The van der Waals surface area contributed by atoms with Crippen LogP contribution in [0.5, 0.6) is 5.75 Å². The van der Waals surface area contributed by atoms with Crippen molar-refractivity contribution in [1.82, 2.24) is 10.6 Å². The van der Waals surface area contributed by atoms with Crippen LogP contribution < -0.4 is 15.4 Å². The van der Waals surface area contributed by atoms with Gasteiger partial charge in [0.15, 0.2) is 0 Å². The smallest absolute Gasteiger partial charge is 0.493 e. The molecule has 1 aliphatic heterocycles. The third-order valence-electron chi connectivity index (χ3n) is 7.16. The molecule has 0 saturated heterocycles. The molecule has 0 aromatic heterocycles. The van der Waals surface area contributed by atoms with Crippen LogP contribution in [0.3, 0.4) is 0 Å². The van der Waals surface area contributed by atoms with E-state index in [0.717, 1.165) is 55.9 Å². The third kappa shape index (κ3) is 7.24. The Morgan fingerprint density at radius 2 is 1.86 bits per heavy atom. The van der Waals surface area contributed by atoms with E-state index in [0.29, 0.717) is 11.8 Å². The topological polar surface area (TPSA) is 85.9 Å². The first-order valence-electron chi connectivity index (χ1n) is 12.0. The Kier molecular flexibility index (Phi) is 8.44. The number of fused-ring (bicyclic) bond motifs is 3. The summed E-state index contributed by atoms with van der Waals surface area (Å²) in [5.41, 5.74) is 1.24. The Hall–Kier alpha value is -2.04. The molecule has 35 heavy (non-hydrogen) atoms. The van der Waals surface area contributed by atoms with E-state index >= 15 is 0 Å². The second-order valence-corrected chi connectivity index (χ2v) is 10.0. The molecule has 2 N–H and O–H groups in total. The molecule has 194 valence electrons. The Bertz CT molecular complexity index is 896. The van der Waals surface area contributed by atoms with E-state index in [4.69, 9.17) is 21.1 Å². The van der Waals surface area contributed by atoms with Gasteiger partial charge in [0.2, 0.25) is 12.3 Å². The van der Waals surface area contributed by atoms with Gasteiger partial charge in [-0.05, 0) is 67.7 Å². The van der Waals surface area contributed by atoms with Crippen LogP contribution in [0.1, 0.15) is 44.1 Å². The second kappa shape index (κ2) is 11.3. The quantitative estimate of drug-likeness (QED) is 0.537. The maximum absolute atomic E-state index is 12.0. The number of carbonyl (C=O) groups is 2. The number of rotatable bonds is 7. The largest absolute Gasteiger partial charge is 0.522 e. The lowest BCUT2D eigenvalue weighted by Gasteiger charge is -2.35. The molecule has 5 rings (SSSR count). The highest BCUT2D eigenvalue weighted by Gasteiger charge is 2.46. The average Bonchev–Trinajstić information content (AvgIpc) is 3.35. The zero-order chi connectivity index (χ0) is 25.0. The highest BCUT2D eigenvalue weighted by molar-refractivity contribution is 6.30. The summed E-state index contributed by atoms with van der Waals surface area (Å²) in [6.07, 6.45) is 0.0860. The lowest BCUT2D eigenvalue weighted by atomic mass is 9.91. The lowest BCUT2D eigenvalue weighted by Crippen LogP contribution is -2.46. The second-order valence-electron chi connectivity index (χ2n) is 9.59. The van der Waals surface area contributed by atoms with E-state index in [1.807, 2.05) is 18.2 Å². The summed E-state index contributed by atoms with van der Waals surface area (Å²) in [6.45, 7) is 0.696. The third-order valence-corrected chi connectivity index (χ3v) is 7.39. The van der Waals surface area contributed by atoms with Crippen LogP contribution >= 0.6 is 11.6 Å². The number of hydrogen-bond acceptors (Lipinski definition) is 5. The Morgan fingerprint density at radius 1 is 1.11 bits per heavy atom. The van der Waals surface area contributed by atoms with Crippen LogP contribution in [0, 0.1) is 11.8 Å². The molecular formula is C24H30ClF3N2O5. The number of alkyl halides is 3. The normalized spacial score (nSPS) is 30.7. The SMILES string of the molecule is Clc1ccc2c(c1)CCCO2.O=CNC1C[C@@H]2CC1CC2NC(=O)COC1CC(OC(F)(F)F)C1. The predicted octanol–water partition coefficient (Wildman–Crippen LogP) is 3.76. The molecule has 1 heterocycles. The fourth-order valence-corrected chi connectivity index (χ4v) is 5.65. The van der Waals surface area contributed by atoms with Gasteiger partial charge < -0.3 is 20.1 Å². The summed E-state index contributed by atoms with van der Waals surface area (Å²) >= 11 is 5.82. The average molecular weight is 519 g/mol. The Labute approximate surface area is 207 Å². The first-order chi connectivity index (χ1) is 16.7. The number of ether oxygens (including phenoxy) is 3. The molecule has 0 radical (unpaired) electrons. The minimum Gasteiger partial charge on any atom is -0.493 e. The molecule has 2 bridgehead atoms. The van der Waals surface area contributed by atoms with E-state index < -0.39 is 12.5 Å². The van der Waals surface area contributed by atoms with Crippen LogP contribution in [0.2, 0.25) is 5.02 Å². The van der Waals surface area contributed by atoms with Gasteiger partial charge in [0.1, 0.15) is 12.4 Å². The number of amides is 2. The monoisotopic (exact) mass is 518 g/mol. The predicted molar refractivity (Wildman–Crippen MR) is 121 cm³/mol. The minimum atomic E-state index is -4.62. The van der Waals surface area contributed by atoms with E-state index in [2.05, 4.69) is 15.4 Å². The van der Waals surface area contributed by atoms with Gasteiger partial charge in [0, 0.05) is 29.9 Å². The maximum Gasteiger partial charge on any atom is 0.522 e. The van der Waals surface area contributed by atoms with E-state index in [1.165, 1.54) is 5.56 Å². The molecule has 3 aliphatic carbocycles. The number of hydrogen-bond donors (Lipinski definition) is 2. The van der Waals surface area contributed by atoms with Crippen LogP contribution in [0.25, 0.3) is 0 Å². The van der Waals surface area contributed by atoms with Gasteiger partial charge in [0.25, 0.3) is 0 Å². The van der Waals surface area contributed by atoms with Crippen molar-refractivity contribution in [3.05, 3.63) is 28.8 Å². The van der Waals surface area contributed by atoms with Crippen molar-refractivity contribution < 1.29 is 37.0 Å². The molecule has 0 spiro atoms. The molecule has 3 saturated carbocycles. The lowest BCUT2D eigenvalue weighted by molar-refractivity contribution is -0.357. The van der Waals surface area contributed by atoms with Crippen LogP contribution in [0.15, 0.2) is 18.2 Å². The Balaban J connectivity index is 0.000000218. The summed E-state index contributed by atoms with van der Waals surface area (Å²) in [5, 5.41) is 6.55. The summed E-state index contributed by atoms with van der Waals surface area (Å²) in [6, 6.07) is 6.09. The first-order valence-corrected chi connectivity index (χ1v) is 12.3. The summed E-state index contributed by atoms with van der Waals surface area (Å²) in [5.74, 6) is 1.52. The van der Waals surface area contributed by atoms with Crippen molar-refractivity contribution in [2.24, 2.45) is 11.8 Å². The van der Waals surface area contributed by atoms with E-state index in [9.17, 15) is 22.8 Å². The van der Waals surface area contributed by atoms with Crippen molar-refractivity contribution in [1.29, 1.82) is 0 Å². The van der Waals surface area contributed by atoms with Crippen molar-refractivity contribution in [2.75, 3.05) is 13.2 Å². The highest BCUT2D eigenvalue weighted by Crippen LogP contribution is 2.44. The molecule has 2 amide bonds. The van der Waals surface area contributed by atoms with E-state index in [-0.39, 0.29) is 43.5 Å². The van der Waals surface area contributed by atoms with Crippen LogP contribution in [-0.4, -0.2) is 56.2 Å². The Morgan fingerprint density at radius 3 is 2.54 bits per heavy atom. The number of nitrogens with one attached hydrogen (secondary N) is 2. The van der Waals surface area contributed by atoms with Gasteiger partial charge >= 0.3 is 6.36 Å².